The van der Waals surface area contributed by atoms with Crippen molar-refractivity contribution in [3.05, 3.63) is 66.7 Å². The lowest BCUT2D eigenvalue weighted by Gasteiger charge is -2.03. The van der Waals surface area contributed by atoms with Crippen molar-refractivity contribution >= 4 is 28.7 Å². The smallest absolute Gasteiger partial charge is 0.223 e. The summed E-state index contributed by atoms with van der Waals surface area (Å²) in [4.78, 5) is 0. The van der Waals surface area contributed by atoms with Crippen LogP contribution in [0.5, 0.6) is 0 Å². The first kappa shape index (κ1) is 15.3. The van der Waals surface area contributed by atoms with Crippen molar-refractivity contribution in [3.63, 3.8) is 0 Å². The molecule has 1 aliphatic heterocycles. The van der Waals surface area contributed by atoms with Gasteiger partial charge in [0.1, 0.15) is 18.0 Å². The molecule has 2 nitrogen and oxygen atoms in total. The number of hydrogen-bond donors (Lipinski definition) is 0. The van der Waals surface area contributed by atoms with E-state index < -0.39 is 0 Å². The maximum Gasteiger partial charge on any atom is 0.250 e. The molecule has 0 amide bonds. The van der Waals surface area contributed by atoms with E-state index in [1.807, 2.05) is 42.1 Å². The minimum atomic E-state index is -0.207. The molecule has 0 fully saturated rings. The van der Waals surface area contributed by atoms with E-state index >= 15 is 0 Å². The Morgan fingerprint density at radius 2 is 1.73 bits per heavy atom. The van der Waals surface area contributed by atoms with Crippen LogP contribution in [0.2, 0.25) is 0 Å². The number of halogens is 2. The molecular formula is C17H15BrFN2S+. The second kappa shape index (κ2) is 6.26. The number of thioether (sulfide) groups is 1. The average molecular weight is 378 g/mol. The summed E-state index contributed by atoms with van der Waals surface area (Å²) in [5.74, 6) is 0.904. The quantitative estimate of drug-likeness (QED) is 0.606. The van der Waals surface area contributed by atoms with Gasteiger partial charge in [-0.05, 0) is 24.3 Å². The minimum absolute atomic E-state index is 0. The van der Waals surface area contributed by atoms with E-state index in [0.717, 1.165) is 18.0 Å². The van der Waals surface area contributed by atoms with E-state index in [4.69, 9.17) is 0 Å². The van der Waals surface area contributed by atoms with Crippen molar-refractivity contribution in [2.75, 3.05) is 5.75 Å². The first-order valence-electron chi connectivity index (χ1n) is 6.92. The zero-order chi connectivity index (χ0) is 14.2. The van der Waals surface area contributed by atoms with Crippen LogP contribution in [0.25, 0.3) is 16.9 Å². The van der Waals surface area contributed by atoms with E-state index in [9.17, 15) is 4.39 Å². The molecule has 0 aliphatic carbocycles. The second-order valence-electron chi connectivity index (χ2n) is 5.02. The Morgan fingerprint density at radius 1 is 1.00 bits per heavy atom. The monoisotopic (exact) mass is 377 g/mol. The maximum atomic E-state index is 13.2. The molecule has 5 heteroatoms. The molecule has 0 N–H and O–H groups in total. The topological polar surface area (TPSA) is 8.81 Å². The van der Waals surface area contributed by atoms with Gasteiger partial charge in [-0.1, -0.05) is 42.1 Å². The molecule has 0 spiro atoms. The third kappa shape index (κ3) is 2.59. The third-order valence-electron chi connectivity index (χ3n) is 3.68. The summed E-state index contributed by atoms with van der Waals surface area (Å²) >= 11 is 1.88. The van der Waals surface area contributed by atoms with Crippen LogP contribution in [-0.2, 0) is 6.54 Å². The van der Waals surface area contributed by atoms with Gasteiger partial charge in [-0.3, -0.25) is 0 Å². The van der Waals surface area contributed by atoms with Crippen LogP contribution in [0.15, 0.2) is 66.0 Å². The fourth-order valence-electron chi connectivity index (χ4n) is 2.70. The van der Waals surface area contributed by atoms with E-state index in [1.165, 1.54) is 28.4 Å². The van der Waals surface area contributed by atoms with Gasteiger partial charge in [0, 0.05) is 11.3 Å². The Balaban J connectivity index is 0.00000144. The largest absolute Gasteiger partial charge is 0.250 e. The summed E-state index contributed by atoms with van der Waals surface area (Å²) in [5.41, 5.74) is 3.35. The normalized spacial score (nSPS) is 12.8. The van der Waals surface area contributed by atoms with E-state index in [1.54, 1.807) is 0 Å². The van der Waals surface area contributed by atoms with Gasteiger partial charge in [0.15, 0.2) is 5.69 Å². The zero-order valence-electron chi connectivity index (χ0n) is 11.8. The van der Waals surface area contributed by atoms with Crippen LogP contribution < -0.4 is 4.57 Å². The van der Waals surface area contributed by atoms with Gasteiger partial charge in [-0.2, -0.15) is 4.57 Å². The first-order chi connectivity index (χ1) is 10.3. The number of fused-ring (bicyclic) bond motifs is 1. The van der Waals surface area contributed by atoms with Crippen LogP contribution in [0, 0.1) is 5.82 Å². The van der Waals surface area contributed by atoms with Gasteiger partial charge in [0.2, 0.25) is 11.4 Å². The molecule has 22 heavy (non-hydrogen) atoms. The van der Waals surface area contributed by atoms with Crippen LogP contribution in [0.3, 0.4) is 0 Å². The molecule has 0 atom stereocenters. The highest BCUT2D eigenvalue weighted by atomic mass is 79.9. The highest BCUT2D eigenvalue weighted by Crippen LogP contribution is 2.34. The van der Waals surface area contributed by atoms with Crippen molar-refractivity contribution in [2.24, 2.45) is 0 Å². The van der Waals surface area contributed by atoms with E-state index in [-0.39, 0.29) is 22.8 Å². The standard InChI is InChI=1S/C17H14FN2S.BrH/c18-14-6-8-15(9-7-14)20-12-19-10-11-21-17(19)16(20)13-4-2-1-3-5-13;/h1-9,12H,10-11H2;1H/q+1;. The number of aromatic nitrogens is 2. The van der Waals surface area contributed by atoms with Gasteiger partial charge in [0.25, 0.3) is 0 Å². The summed E-state index contributed by atoms with van der Waals surface area (Å²) in [7, 11) is 0. The molecular weight excluding hydrogens is 363 g/mol. The Morgan fingerprint density at radius 3 is 2.45 bits per heavy atom. The maximum absolute atomic E-state index is 13.2. The van der Waals surface area contributed by atoms with Gasteiger partial charge >= 0.3 is 0 Å². The number of hydrogen-bond acceptors (Lipinski definition) is 1. The Bertz CT molecular complexity index is 784. The van der Waals surface area contributed by atoms with Gasteiger partial charge in [-0.25, -0.2) is 8.96 Å². The molecule has 0 radical (unpaired) electrons. The third-order valence-corrected chi connectivity index (χ3v) is 4.77. The SMILES string of the molecule is Br.Fc1ccc(-n2c[n+]3c(c2-c2ccccc2)SCC3)cc1. The first-order valence-corrected chi connectivity index (χ1v) is 7.90. The van der Waals surface area contributed by atoms with Crippen LogP contribution >= 0.6 is 28.7 Å². The summed E-state index contributed by atoms with van der Waals surface area (Å²) in [6.45, 7) is 1.02. The van der Waals surface area contributed by atoms with Crippen molar-refractivity contribution in [2.45, 2.75) is 11.6 Å². The van der Waals surface area contributed by atoms with Crippen LogP contribution in [0.4, 0.5) is 4.39 Å². The Labute approximate surface area is 143 Å². The number of imidazole rings is 1. The number of rotatable bonds is 2. The van der Waals surface area contributed by atoms with E-state index in [0.29, 0.717) is 0 Å². The molecule has 1 aliphatic rings. The number of nitrogens with zero attached hydrogens (tertiary/aromatic N) is 2. The molecule has 1 aromatic heterocycles. The molecule has 3 aromatic rings. The number of aryl methyl sites for hydroxylation is 1. The molecule has 4 rings (SSSR count). The lowest BCUT2D eigenvalue weighted by molar-refractivity contribution is -0.721. The van der Waals surface area contributed by atoms with Crippen molar-refractivity contribution in [3.8, 4) is 16.9 Å². The van der Waals surface area contributed by atoms with Crippen molar-refractivity contribution < 1.29 is 8.96 Å². The molecule has 0 saturated heterocycles. The molecule has 0 unspecified atom stereocenters. The average Bonchev–Trinajstić information content (AvgIpc) is 3.09. The van der Waals surface area contributed by atoms with E-state index in [2.05, 4.69) is 27.6 Å². The molecule has 112 valence electrons. The minimum Gasteiger partial charge on any atom is -0.223 e. The molecule has 0 saturated carbocycles. The van der Waals surface area contributed by atoms with Gasteiger partial charge in [-0.15, -0.1) is 17.0 Å². The summed E-state index contributed by atoms with van der Waals surface area (Å²) in [6, 6.07) is 17.0. The lowest BCUT2D eigenvalue weighted by atomic mass is 10.1. The fourth-order valence-corrected chi connectivity index (χ4v) is 3.83. The van der Waals surface area contributed by atoms with Gasteiger partial charge < -0.3 is 0 Å². The molecule has 0 bridgehead atoms. The molecule has 2 aromatic carbocycles. The molecule has 2 heterocycles. The Hall–Kier alpha value is -1.59. The lowest BCUT2D eigenvalue weighted by Crippen LogP contribution is -2.30. The summed E-state index contributed by atoms with van der Waals surface area (Å²) in [5, 5.41) is 1.28. The fraction of sp³-hybridized carbons (Fsp3) is 0.118. The van der Waals surface area contributed by atoms with Crippen LogP contribution in [-0.4, -0.2) is 10.3 Å². The summed E-state index contributed by atoms with van der Waals surface area (Å²) < 4.78 is 17.6. The van der Waals surface area contributed by atoms with Crippen molar-refractivity contribution in [1.82, 2.24) is 4.57 Å². The predicted octanol–water partition coefficient (Wildman–Crippen LogP) is 4.25. The van der Waals surface area contributed by atoms with Crippen LogP contribution in [0.1, 0.15) is 0 Å². The summed E-state index contributed by atoms with van der Waals surface area (Å²) in [6.07, 6.45) is 2.12. The zero-order valence-corrected chi connectivity index (χ0v) is 14.3. The van der Waals surface area contributed by atoms with Crippen molar-refractivity contribution in [1.29, 1.82) is 0 Å². The Kier molecular flexibility index (Phi) is 4.36. The van der Waals surface area contributed by atoms with Gasteiger partial charge in [0.05, 0.1) is 0 Å². The highest BCUT2D eigenvalue weighted by Gasteiger charge is 2.29. The highest BCUT2D eigenvalue weighted by molar-refractivity contribution is 8.93. The second-order valence-corrected chi connectivity index (χ2v) is 6.11. The number of benzene rings is 2. The predicted molar refractivity (Wildman–Crippen MR) is 92.4 cm³/mol.